The molecule has 232 valence electrons. The molecule has 3 aromatic rings. The molecule has 0 aliphatic carbocycles. The second-order valence-electron chi connectivity index (χ2n) is 9.19. The third-order valence-corrected chi connectivity index (χ3v) is 16.8. The summed E-state index contributed by atoms with van der Waals surface area (Å²) in [5, 5.41) is -2.08. The molecule has 2 N–H and O–H groups in total. The van der Waals surface area contributed by atoms with Gasteiger partial charge in [-0.05, 0) is 0 Å². The van der Waals surface area contributed by atoms with Crippen LogP contribution in [0.4, 0.5) is 0 Å². The third-order valence-electron chi connectivity index (χ3n) is 7.25. The van der Waals surface area contributed by atoms with Crippen LogP contribution in [0.2, 0.25) is 0 Å². The third kappa shape index (κ3) is 5.45. The Morgan fingerprint density at radius 1 is 0.476 bits per heavy atom. The summed E-state index contributed by atoms with van der Waals surface area (Å²) < 4.78 is 53.5. The van der Waals surface area contributed by atoms with Gasteiger partial charge in [0.05, 0.1) is 0 Å². The van der Waals surface area contributed by atoms with Crippen LogP contribution in [-0.4, -0.2) is 76.7 Å². The van der Waals surface area contributed by atoms with Gasteiger partial charge in [-0.2, -0.15) is 0 Å². The number of hydrogen-bond donors (Lipinski definition) is 1. The molecule has 0 radical (unpaired) electrons. The molecule has 0 unspecified atom stereocenters. The van der Waals surface area contributed by atoms with Crippen molar-refractivity contribution in [2.45, 2.75) is 6.42 Å². The Bertz CT molecular complexity index is 1170. The second kappa shape index (κ2) is 13.8. The van der Waals surface area contributed by atoms with Crippen molar-refractivity contribution < 1.29 is 42.6 Å². The van der Waals surface area contributed by atoms with Crippen molar-refractivity contribution >= 4 is 36.7 Å². The number of methoxy groups -OCH3 is 9. The first-order valence-electron chi connectivity index (χ1n) is 13.0. The van der Waals surface area contributed by atoms with Gasteiger partial charge in [-0.1, -0.05) is 0 Å². The summed E-state index contributed by atoms with van der Waals surface area (Å²) >= 11 is 4.48. The van der Waals surface area contributed by atoms with Gasteiger partial charge in [0.1, 0.15) is 0 Å². The topological polar surface area (TPSA) is 109 Å². The van der Waals surface area contributed by atoms with Gasteiger partial charge in [0.25, 0.3) is 0 Å². The zero-order chi connectivity index (χ0) is 31.1. The summed E-state index contributed by atoms with van der Waals surface area (Å²) in [4.78, 5) is 0. The molecule has 3 rings (SSSR count). The molecular weight excluding hydrogens is 629 g/mol. The molecule has 0 aromatic heterocycles. The minimum absolute atomic E-state index is 0.381. The Kier molecular flexibility index (Phi) is 10.9. The first-order chi connectivity index (χ1) is 20.2. The fourth-order valence-corrected chi connectivity index (χ4v) is 15.1. The zero-order valence-corrected chi connectivity index (χ0v) is 28.1. The van der Waals surface area contributed by atoms with E-state index in [1.54, 1.807) is 64.0 Å². The summed E-state index contributed by atoms with van der Waals surface area (Å²) in [7, 11) is 14.3. The molecule has 0 atom stereocenters. The van der Waals surface area contributed by atoms with Crippen molar-refractivity contribution in [1.29, 1.82) is 0 Å². The fraction of sp³-hybridized carbons (Fsp3) is 0.400. The zero-order valence-electron chi connectivity index (χ0n) is 25.7. The van der Waals surface area contributed by atoms with E-state index in [0.29, 0.717) is 86.8 Å². The van der Waals surface area contributed by atoms with Crippen LogP contribution in [0.1, 0.15) is 6.42 Å². The van der Waals surface area contributed by atoms with Gasteiger partial charge in [0, 0.05) is 0 Å². The van der Waals surface area contributed by atoms with Crippen LogP contribution in [0.25, 0.3) is 0 Å². The Labute approximate surface area is 255 Å². The Balaban J connectivity index is 2.88. The van der Waals surface area contributed by atoms with Crippen LogP contribution in [0, 0.1) is 0 Å². The fourth-order valence-electron chi connectivity index (χ4n) is 5.40. The summed E-state index contributed by atoms with van der Waals surface area (Å²) in [5.41, 5.74) is 6.24. The summed E-state index contributed by atoms with van der Waals surface area (Å²) in [6.07, 6.45) is 1.03. The van der Waals surface area contributed by atoms with Gasteiger partial charge in [-0.15, -0.1) is 0 Å². The van der Waals surface area contributed by atoms with Gasteiger partial charge in [-0.25, -0.2) is 0 Å². The number of benzene rings is 3. The predicted molar refractivity (Wildman–Crippen MR) is 172 cm³/mol. The van der Waals surface area contributed by atoms with Crippen LogP contribution in [0.5, 0.6) is 51.7 Å². The Morgan fingerprint density at radius 2 is 0.714 bits per heavy atom. The van der Waals surface area contributed by atoms with Crippen molar-refractivity contribution in [3.8, 4) is 51.7 Å². The molecule has 3 aromatic carbocycles. The van der Waals surface area contributed by atoms with E-state index in [1.807, 2.05) is 36.4 Å². The molecule has 0 aliphatic rings. The van der Waals surface area contributed by atoms with Crippen molar-refractivity contribution in [3.05, 3.63) is 36.4 Å². The first kappa shape index (κ1) is 33.2. The molecule has 0 spiro atoms. The molecule has 10 nitrogen and oxygen atoms in total. The van der Waals surface area contributed by atoms with Gasteiger partial charge in [0.2, 0.25) is 0 Å². The van der Waals surface area contributed by atoms with E-state index in [-0.39, 0.29) is 0 Å². The predicted octanol–water partition coefficient (Wildman–Crippen LogP) is 4.25. The quantitative estimate of drug-likeness (QED) is 0.236. The van der Waals surface area contributed by atoms with Crippen LogP contribution < -0.4 is 64.3 Å². The second-order valence-corrected chi connectivity index (χ2v) is 18.0. The van der Waals surface area contributed by atoms with Crippen LogP contribution in [0.3, 0.4) is 0 Å². The SMILES string of the molecule is COc1cc(OC)c(P(Br)(CCCN)(c2c(OC)cc(OC)cc2OC)c2c(OC)cc(OC)cc2OC)c(OC)c1. The summed E-state index contributed by atoms with van der Waals surface area (Å²) in [6, 6.07) is 10.9. The maximum absolute atomic E-state index is 6.24. The molecule has 0 bridgehead atoms. The molecule has 42 heavy (non-hydrogen) atoms. The summed E-state index contributed by atoms with van der Waals surface area (Å²) in [6.45, 7) is 0.381. The van der Waals surface area contributed by atoms with Gasteiger partial charge in [-0.3, -0.25) is 0 Å². The number of hydrogen-bond acceptors (Lipinski definition) is 10. The molecule has 0 heterocycles. The Hall–Kier alpha value is -3.27. The normalized spacial score (nSPS) is 12.0. The average Bonchev–Trinajstić information content (AvgIpc) is 3.04. The van der Waals surface area contributed by atoms with Crippen molar-refractivity contribution in [3.63, 3.8) is 0 Å². The van der Waals surface area contributed by atoms with E-state index >= 15 is 0 Å². The first-order valence-corrected chi connectivity index (χ1v) is 17.5. The standard InChI is InChI=1S/C30H41BrNO9P/c1-33-19-13-22(36-4)28(23(14-19)37-5)42(31,12-10-11-32,29-24(38-6)15-20(34-2)16-25(29)39-7)30-26(40-8)17-21(35-3)18-27(30)41-9/h13-18H,10-12,32H2,1-9H3. The van der Waals surface area contributed by atoms with Crippen molar-refractivity contribution in [2.24, 2.45) is 5.73 Å². The van der Waals surface area contributed by atoms with E-state index < -0.39 is 5.31 Å². The van der Waals surface area contributed by atoms with Gasteiger partial charge in [0.15, 0.2) is 0 Å². The van der Waals surface area contributed by atoms with E-state index in [2.05, 4.69) is 15.5 Å². The molecule has 12 heteroatoms. The maximum atomic E-state index is 6.24. The van der Waals surface area contributed by atoms with E-state index in [0.717, 1.165) is 0 Å². The number of nitrogens with two attached hydrogens (primary N) is 1. The van der Waals surface area contributed by atoms with Gasteiger partial charge < -0.3 is 0 Å². The molecule has 0 amide bonds. The number of rotatable bonds is 15. The van der Waals surface area contributed by atoms with Crippen molar-refractivity contribution in [1.82, 2.24) is 0 Å². The number of ether oxygens (including phenoxy) is 9. The molecular formula is C30H41BrNO9P. The monoisotopic (exact) mass is 669 g/mol. The van der Waals surface area contributed by atoms with E-state index in [4.69, 9.17) is 48.4 Å². The molecule has 0 saturated heterocycles. The van der Waals surface area contributed by atoms with Crippen LogP contribution >= 0.6 is 20.8 Å². The Morgan fingerprint density at radius 3 is 0.881 bits per heavy atom. The van der Waals surface area contributed by atoms with Gasteiger partial charge >= 0.3 is 256 Å². The minimum atomic E-state index is -4.17. The number of halogens is 1. The summed E-state index contributed by atoms with van der Waals surface area (Å²) in [5.74, 6) is 4.63. The van der Waals surface area contributed by atoms with E-state index in [9.17, 15) is 0 Å². The molecule has 0 saturated carbocycles. The molecule has 0 aliphatic heterocycles. The van der Waals surface area contributed by atoms with E-state index in [1.165, 1.54) is 0 Å². The van der Waals surface area contributed by atoms with Crippen molar-refractivity contribution in [2.75, 3.05) is 76.7 Å². The van der Waals surface area contributed by atoms with Crippen LogP contribution in [-0.2, 0) is 0 Å². The van der Waals surface area contributed by atoms with Crippen LogP contribution in [0.15, 0.2) is 36.4 Å². The molecule has 0 fully saturated rings. The average molecular weight is 671 g/mol.